The van der Waals surface area contributed by atoms with E-state index in [1.165, 1.54) is 24.0 Å². The number of rotatable bonds is 3. The molecule has 0 N–H and O–H groups in total. The number of allylic oxidation sites excluding steroid dienone is 4. The van der Waals surface area contributed by atoms with Gasteiger partial charge < -0.3 is 0 Å². The predicted molar refractivity (Wildman–Crippen MR) is 74.1 cm³/mol. The molecule has 1 nitrogen and oxygen atoms in total. The van der Waals surface area contributed by atoms with Crippen LogP contribution < -0.4 is 0 Å². The lowest BCUT2D eigenvalue weighted by atomic mass is 9.86. The summed E-state index contributed by atoms with van der Waals surface area (Å²) in [5.74, 6) is 1.35. The van der Waals surface area contributed by atoms with Crippen LogP contribution in [0.1, 0.15) is 59.5 Å². The first-order chi connectivity index (χ1) is 8.75. The molecule has 1 atom stereocenters. The van der Waals surface area contributed by atoms with Crippen molar-refractivity contribution >= 4 is 5.78 Å². The van der Waals surface area contributed by atoms with Crippen LogP contribution in [0.4, 0.5) is 0 Å². The van der Waals surface area contributed by atoms with Gasteiger partial charge in [-0.3, -0.25) is 4.79 Å². The summed E-state index contributed by atoms with van der Waals surface area (Å²) >= 11 is 0. The molecule has 1 heteroatoms. The molecule has 0 aliphatic heterocycles. The van der Waals surface area contributed by atoms with Crippen LogP contribution >= 0.6 is 0 Å². The molecule has 3 rings (SSSR count). The second-order valence-corrected chi connectivity index (χ2v) is 5.33. The Bertz CT molecular complexity index is 533. The standard InChI is InChI=1S/C17H18O/c1-12(18)15-9-10-16(13-5-3-2-4-6-13)17(11-15)14-7-8-14/h2-5,9-11,13-14H,6-8H2,1H3. The van der Waals surface area contributed by atoms with Crippen LogP contribution in [-0.2, 0) is 0 Å². The van der Waals surface area contributed by atoms with Crippen LogP contribution in [0, 0.1) is 0 Å². The minimum absolute atomic E-state index is 0.169. The van der Waals surface area contributed by atoms with Gasteiger partial charge in [0.15, 0.2) is 5.78 Å². The highest BCUT2D eigenvalue weighted by Crippen LogP contribution is 2.44. The number of hydrogen-bond acceptors (Lipinski definition) is 1. The van der Waals surface area contributed by atoms with Gasteiger partial charge in [-0.25, -0.2) is 0 Å². The first kappa shape index (κ1) is 11.5. The maximum atomic E-state index is 11.5. The molecule has 0 heterocycles. The molecule has 2 aliphatic carbocycles. The molecule has 18 heavy (non-hydrogen) atoms. The second kappa shape index (κ2) is 4.56. The van der Waals surface area contributed by atoms with E-state index in [0.717, 1.165) is 12.0 Å². The average Bonchev–Trinajstić information content (AvgIpc) is 3.23. The molecule has 0 radical (unpaired) electrons. The zero-order chi connectivity index (χ0) is 12.5. The topological polar surface area (TPSA) is 17.1 Å². The van der Waals surface area contributed by atoms with Gasteiger partial charge in [-0.05, 0) is 49.3 Å². The van der Waals surface area contributed by atoms with E-state index in [1.54, 1.807) is 6.92 Å². The highest BCUT2D eigenvalue weighted by molar-refractivity contribution is 5.94. The minimum Gasteiger partial charge on any atom is -0.295 e. The van der Waals surface area contributed by atoms with E-state index in [1.807, 2.05) is 6.07 Å². The first-order valence-electron chi connectivity index (χ1n) is 6.74. The summed E-state index contributed by atoms with van der Waals surface area (Å²) in [4.78, 5) is 11.5. The molecule has 1 saturated carbocycles. The van der Waals surface area contributed by atoms with Crippen molar-refractivity contribution in [1.82, 2.24) is 0 Å². The van der Waals surface area contributed by atoms with Crippen molar-refractivity contribution in [3.8, 4) is 0 Å². The number of carbonyl (C=O) groups excluding carboxylic acids is 1. The third-order valence-electron chi connectivity index (χ3n) is 3.89. The molecular formula is C17H18O. The Morgan fingerprint density at radius 1 is 1.17 bits per heavy atom. The SMILES string of the molecule is CC(=O)c1ccc(C2C=CC=CC2)c(C2CC2)c1. The molecule has 0 aromatic heterocycles. The van der Waals surface area contributed by atoms with Crippen LogP contribution in [-0.4, -0.2) is 5.78 Å². The number of hydrogen-bond donors (Lipinski definition) is 0. The largest absolute Gasteiger partial charge is 0.295 e. The second-order valence-electron chi connectivity index (χ2n) is 5.33. The lowest BCUT2D eigenvalue weighted by Crippen LogP contribution is -2.03. The molecule has 0 saturated heterocycles. The normalized spacial score (nSPS) is 22.2. The Labute approximate surface area is 108 Å². The Balaban J connectivity index is 2.00. The molecule has 1 fully saturated rings. The van der Waals surface area contributed by atoms with Crippen molar-refractivity contribution < 1.29 is 4.79 Å². The fourth-order valence-electron chi connectivity index (χ4n) is 2.69. The zero-order valence-corrected chi connectivity index (χ0v) is 10.7. The van der Waals surface area contributed by atoms with Crippen molar-refractivity contribution in [2.75, 3.05) is 0 Å². The van der Waals surface area contributed by atoms with E-state index in [-0.39, 0.29) is 5.78 Å². The summed E-state index contributed by atoms with van der Waals surface area (Å²) in [6, 6.07) is 6.27. The quantitative estimate of drug-likeness (QED) is 0.715. The Morgan fingerprint density at radius 3 is 2.61 bits per heavy atom. The number of ketones is 1. The number of carbonyl (C=O) groups is 1. The van der Waals surface area contributed by atoms with Gasteiger partial charge in [0.1, 0.15) is 0 Å². The molecule has 92 valence electrons. The summed E-state index contributed by atoms with van der Waals surface area (Å²) in [6.07, 6.45) is 12.4. The van der Waals surface area contributed by atoms with E-state index >= 15 is 0 Å². The Kier molecular flexibility index (Phi) is 2.91. The molecule has 1 aromatic rings. The van der Waals surface area contributed by atoms with Gasteiger partial charge in [-0.2, -0.15) is 0 Å². The van der Waals surface area contributed by atoms with Crippen molar-refractivity contribution in [1.29, 1.82) is 0 Å². The van der Waals surface area contributed by atoms with Crippen molar-refractivity contribution in [3.05, 3.63) is 59.2 Å². The molecule has 0 bridgehead atoms. The molecule has 0 amide bonds. The van der Waals surface area contributed by atoms with Crippen LogP contribution in [0.2, 0.25) is 0 Å². The monoisotopic (exact) mass is 238 g/mol. The van der Waals surface area contributed by atoms with Crippen LogP contribution in [0.3, 0.4) is 0 Å². The van der Waals surface area contributed by atoms with Crippen molar-refractivity contribution in [2.24, 2.45) is 0 Å². The third kappa shape index (κ3) is 2.17. The molecule has 1 aromatic carbocycles. The van der Waals surface area contributed by atoms with Crippen molar-refractivity contribution in [2.45, 2.75) is 38.0 Å². The Hall–Kier alpha value is -1.63. The fraction of sp³-hybridized carbons (Fsp3) is 0.353. The van der Waals surface area contributed by atoms with Gasteiger partial charge >= 0.3 is 0 Å². The van der Waals surface area contributed by atoms with E-state index in [9.17, 15) is 4.79 Å². The summed E-state index contributed by atoms with van der Waals surface area (Å²) in [5.41, 5.74) is 3.69. The van der Waals surface area contributed by atoms with Gasteiger partial charge in [0, 0.05) is 11.5 Å². The molecule has 2 aliphatic rings. The summed E-state index contributed by atoms with van der Waals surface area (Å²) in [7, 11) is 0. The van der Waals surface area contributed by atoms with Gasteiger partial charge in [0.2, 0.25) is 0 Å². The summed E-state index contributed by atoms with van der Waals surface area (Å²) in [6.45, 7) is 1.65. The Morgan fingerprint density at radius 2 is 2.00 bits per heavy atom. The van der Waals surface area contributed by atoms with Crippen LogP contribution in [0.5, 0.6) is 0 Å². The average molecular weight is 238 g/mol. The zero-order valence-electron chi connectivity index (χ0n) is 10.7. The minimum atomic E-state index is 0.169. The smallest absolute Gasteiger partial charge is 0.159 e. The van der Waals surface area contributed by atoms with Crippen molar-refractivity contribution in [3.63, 3.8) is 0 Å². The summed E-state index contributed by atoms with van der Waals surface area (Å²) < 4.78 is 0. The molecule has 0 spiro atoms. The van der Waals surface area contributed by atoms with Gasteiger partial charge in [-0.1, -0.05) is 36.4 Å². The van der Waals surface area contributed by atoms with E-state index in [2.05, 4.69) is 36.4 Å². The highest BCUT2D eigenvalue weighted by atomic mass is 16.1. The maximum absolute atomic E-state index is 11.5. The van der Waals surface area contributed by atoms with Crippen LogP contribution in [0.15, 0.2) is 42.5 Å². The molecular weight excluding hydrogens is 220 g/mol. The fourth-order valence-corrected chi connectivity index (χ4v) is 2.69. The van der Waals surface area contributed by atoms with Gasteiger partial charge in [0.05, 0.1) is 0 Å². The number of Topliss-reactive ketones (excluding diaryl/α,β-unsaturated/α-hetero) is 1. The summed E-state index contributed by atoms with van der Waals surface area (Å²) in [5, 5.41) is 0. The van der Waals surface area contributed by atoms with Gasteiger partial charge in [-0.15, -0.1) is 0 Å². The number of benzene rings is 1. The lowest BCUT2D eigenvalue weighted by molar-refractivity contribution is 0.101. The highest BCUT2D eigenvalue weighted by Gasteiger charge is 2.28. The third-order valence-corrected chi connectivity index (χ3v) is 3.89. The van der Waals surface area contributed by atoms with E-state index in [0.29, 0.717) is 11.8 Å². The van der Waals surface area contributed by atoms with Crippen LogP contribution in [0.25, 0.3) is 0 Å². The molecule has 1 unspecified atom stereocenters. The maximum Gasteiger partial charge on any atom is 0.159 e. The van der Waals surface area contributed by atoms with E-state index < -0.39 is 0 Å². The van der Waals surface area contributed by atoms with E-state index in [4.69, 9.17) is 0 Å². The first-order valence-corrected chi connectivity index (χ1v) is 6.74. The van der Waals surface area contributed by atoms with Gasteiger partial charge in [0.25, 0.3) is 0 Å². The predicted octanol–water partition coefficient (Wildman–Crippen LogP) is 4.37. The lowest BCUT2D eigenvalue weighted by Gasteiger charge is -2.18.